The minimum absolute atomic E-state index is 0.226. The standard InChI is InChI=1S/C14H17NO/c1-2-16-11-14(8-3-9-14)13-6-4-12(10-15)5-7-13/h4-7H,2-3,8-9,11H2,1H3. The molecule has 2 nitrogen and oxygen atoms in total. The van der Waals surface area contributed by atoms with Gasteiger partial charge in [0.25, 0.3) is 0 Å². The highest BCUT2D eigenvalue weighted by Crippen LogP contribution is 2.43. The molecule has 0 heterocycles. The molecule has 1 aliphatic rings. The molecule has 2 heteroatoms. The van der Waals surface area contributed by atoms with E-state index in [0.29, 0.717) is 0 Å². The molecular formula is C14H17NO. The Kier molecular flexibility index (Phi) is 3.26. The van der Waals surface area contributed by atoms with Crippen molar-refractivity contribution in [3.8, 4) is 6.07 Å². The van der Waals surface area contributed by atoms with Crippen LogP contribution in [0.4, 0.5) is 0 Å². The van der Waals surface area contributed by atoms with Gasteiger partial charge in [0, 0.05) is 12.0 Å². The molecule has 1 aromatic carbocycles. The normalized spacial score (nSPS) is 17.5. The first kappa shape index (κ1) is 11.2. The van der Waals surface area contributed by atoms with E-state index in [0.717, 1.165) is 18.8 Å². The minimum atomic E-state index is 0.226. The summed E-state index contributed by atoms with van der Waals surface area (Å²) in [6.07, 6.45) is 3.70. The Balaban J connectivity index is 2.17. The van der Waals surface area contributed by atoms with Gasteiger partial charge >= 0.3 is 0 Å². The third-order valence-corrected chi connectivity index (χ3v) is 3.52. The monoisotopic (exact) mass is 215 g/mol. The molecule has 1 fully saturated rings. The minimum Gasteiger partial charge on any atom is -0.381 e. The Labute approximate surface area is 96.9 Å². The maximum Gasteiger partial charge on any atom is 0.0991 e. The SMILES string of the molecule is CCOCC1(c2ccc(C#N)cc2)CCC1. The van der Waals surface area contributed by atoms with Crippen molar-refractivity contribution in [3.63, 3.8) is 0 Å². The summed E-state index contributed by atoms with van der Waals surface area (Å²) in [4.78, 5) is 0. The van der Waals surface area contributed by atoms with Gasteiger partial charge in [0.1, 0.15) is 0 Å². The first-order valence-electron chi connectivity index (χ1n) is 5.89. The quantitative estimate of drug-likeness (QED) is 0.773. The van der Waals surface area contributed by atoms with Crippen LogP contribution in [0.25, 0.3) is 0 Å². The first-order valence-corrected chi connectivity index (χ1v) is 5.89. The number of rotatable bonds is 4. The largest absolute Gasteiger partial charge is 0.381 e. The summed E-state index contributed by atoms with van der Waals surface area (Å²) in [7, 11) is 0. The smallest absolute Gasteiger partial charge is 0.0991 e. The van der Waals surface area contributed by atoms with Crippen LogP contribution in [0.3, 0.4) is 0 Å². The number of hydrogen-bond donors (Lipinski definition) is 0. The van der Waals surface area contributed by atoms with Crippen molar-refractivity contribution in [3.05, 3.63) is 35.4 Å². The Bertz CT molecular complexity index is 384. The summed E-state index contributed by atoms with van der Waals surface area (Å²) < 4.78 is 5.59. The van der Waals surface area contributed by atoms with Crippen LogP contribution in [0, 0.1) is 11.3 Å². The average Bonchev–Trinajstić information content (AvgIpc) is 2.29. The van der Waals surface area contributed by atoms with Gasteiger partial charge in [-0.15, -0.1) is 0 Å². The molecule has 0 aromatic heterocycles. The van der Waals surface area contributed by atoms with Gasteiger partial charge < -0.3 is 4.74 Å². The van der Waals surface area contributed by atoms with Crippen LogP contribution in [0.1, 0.15) is 37.3 Å². The number of ether oxygens (including phenoxy) is 1. The highest BCUT2D eigenvalue weighted by Gasteiger charge is 2.38. The van der Waals surface area contributed by atoms with Gasteiger partial charge in [0.2, 0.25) is 0 Å². The van der Waals surface area contributed by atoms with E-state index < -0.39 is 0 Å². The van der Waals surface area contributed by atoms with Gasteiger partial charge in [-0.25, -0.2) is 0 Å². The van der Waals surface area contributed by atoms with Crippen molar-refractivity contribution in [1.82, 2.24) is 0 Å². The topological polar surface area (TPSA) is 33.0 Å². The number of nitrogens with zero attached hydrogens (tertiary/aromatic N) is 1. The van der Waals surface area contributed by atoms with Crippen LogP contribution >= 0.6 is 0 Å². The zero-order chi connectivity index (χ0) is 11.4. The van der Waals surface area contributed by atoms with Crippen molar-refractivity contribution in [2.24, 2.45) is 0 Å². The molecule has 0 atom stereocenters. The van der Waals surface area contributed by atoms with Crippen LogP contribution in [0.15, 0.2) is 24.3 Å². The number of hydrogen-bond acceptors (Lipinski definition) is 2. The van der Waals surface area contributed by atoms with Crippen LogP contribution < -0.4 is 0 Å². The Morgan fingerprint density at radius 3 is 2.44 bits per heavy atom. The van der Waals surface area contributed by atoms with E-state index in [2.05, 4.69) is 18.2 Å². The van der Waals surface area contributed by atoms with Crippen LogP contribution in [0.5, 0.6) is 0 Å². The lowest BCUT2D eigenvalue weighted by molar-refractivity contribution is 0.0522. The highest BCUT2D eigenvalue weighted by molar-refractivity contribution is 5.36. The highest BCUT2D eigenvalue weighted by atomic mass is 16.5. The lowest BCUT2D eigenvalue weighted by Crippen LogP contribution is -2.39. The van der Waals surface area contributed by atoms with E-state index in [1.165, 1.54) is 24.8 Å². The van der Waals surface area contributed by atoms with Gasteiger partial charge in [-0.05, 0) is 37.5 Å². The van der Waals surface area contributed by atoms with E-state index >= 15 is 0 Å². The summed E-state index contributed by atoms with van der Waals surface area (Å²) in [6.45, 7) is 3.62. The van der Waals surface area contributed by atoms with Gasteiger partial charge in [-0.2, -0.15) is 5.26 Å². The Morgan fingerprint density at radius 2 is 2.00 bits per heavy atom. The van der Waals surface area contributed by atoms with Crippen molar-refractivity contribution < 1.29 is 4.74 Å². The van der Waals surface area contributed by atoms with Crippen LogP contribution in [-0.2, 0) is 10.2 Å². The van der Waals surface area contributed by atoms with Crippen molar-refractivity contribution in [2.75, 3.05) is 13.2 Å². The summed E-state index contributed by atoms with van der Waals surface area (Å²) in [6, 6.07) is 10.1. The Morgan fingerprint density at radius 1 is 1.31 bits per heavy atom. The number of nitriles is 1. The van der Waals surface area contributed by atoms with Crippen LogP contribution in [0.2, 0.25) is 0 Å². The van der Waals surface area contributed by atoms with Gasteiger partial charge in [-0.1, -0.05) is 18.6 Å². The molecule has 0 spiro atoms. The zero-order valence-corrected chi connectivity index (χ0v) is 9.70. The van der Waals surface area contributed by atoms with Crippen molar-refractivity contribution >= 4 is 0 Å². The van der Waals surface area contributed by atoms with Gasteiger partial charge in [0.15, 0.2) is 0 Å². The molecule has 0 unspecified atom stereocenters. The molecule has 2 rings (SSSR count). The molecule has 1 saturated carbocycles. The second kappa shape index (κ2) is 4.67. The van der Waals surface area contributed by atoms with E-state index in [1.807, 2.05) is 19.1 Å². The van der Waals surface area contributed by atoms with E-state index in [-0.39, 0.29) is 5.41 Å². The molecular weight excluding hydrogens is 198 g/mol. The molecule has 0 N–H and O–H groups in total. The van der Waals surface area contributed by atoms with E-state index in [9.17, 15) is 0 Å². The fourth-order valence-corrected chi connectivity index (χ4v) is 2.32. The fourth-order valence-electron chi connectivity index (χ4n) is 2.32. The molecule has 0 radical (unpaired) electrons. The van der Waals surface area contributed by atoms with Gasteiger partial charge in [0.05, 0.1) is 18.2 Å². The molecule has 0 aliphatic heterocycles. The summed E-state index contributed by atoms with van der Waals surface area (Å²) >= 11 is 0. The maximum atomic E-state index is 8.77. The summed E-state index contributed by atoms with van der Waals surface area (Å²) in [5, 5.41) is 8.77. The summed E-state index contributed by atoms with van der Waals surface area (Å²) in [5.41, 5.74) is 2.28. The molecule has 0 bridgehead atoms. The zero-order valence-electron chi connectivity index (χ0n) is 9.70. The third kappa shape index (κ3) is 1.96. The molecule has 16 heavy (non-hydrogen) atoms. The van der Waals surface area contributed by atoms with E-state index in [1.54, 1.807) is 0 Å². The van der Waals surface area contributed by atoms with Crippen molar-refractivity contribution in [2.45, 2.75) is 31.6 Å². The molecule has 0 saturated heterocycles. The second-order valence-corrected chi connectivity index (χ2v) is 4.46. The van der Waals surface area contributed by atoms with Gasteiger partial charge in [-0.3, -0.25) is 0 Å². The van der Waals surface area contributed by atoms with Crippen LogP contribution in [-0.4, -0.2) is 13.2 Å². The lowest BCUT2D eigenvalue weighted by atomic mass is 9.65. The molecule has 0 amide bonds. The Hall–Kier alpha value is -1.33. The summed E-state index contributed by atoms with van der Waals surface area (Å²) in [5.74, 6) is 0. The average molecular weight is 215 g/mol. The predicted molar refractivity (Wildman–Crippen MR) is 63.2 cm³/mol. The first-order chi connectivity index (χ1) is 7.80. The lowest BCUT2D eigenvalue weighted by Gasteiger charge is -2.42. The molecule has 1 aliphatic carbocycles. The molecule has 84 valence electrons. The predicted octanol–water partition coefficient (Wildman–Crippen LogP) is 3.02. The molecule has 1 aromatic rings. The number of benzene rings is 1. The van der Waals surface area contributed by atoms with E-state index in [4.69, 9.17) is 10.00 Å². The third-order valence-electron chi connectivity index (χ3n) is 3.52. The maximum absolute atomic E-state index is 8.77. The van der Waals surface area contributed by atoms with Crippen molar-refractivity contribution in [1.29, 1.82) is 5.26 Å². The second-order valence-electron chi connectivity index (χ2n) is 4.46. The fraction of sp³-hybridized carbons (Fsp3) is 0.500.